The Morgan fingerprint density at radius 3 is 2.13 bits per heavy atom. The number of carboxylic acid groups (broad SMARTS) is 1. The van der Waals surface area contributed by atoms with Crippen LogP contribution in [0.3, 0.4) is 0 Å². The van der Waals surface area contributed by atoms with E-state index in [1.165, 1.54) is 4.90 Å². The van der Waals surface area contributed by atoms with Crippen LogP contribution in [0.5, 0.6) is 11.5 Å². The lowest BCUT2D eigenvalue weighted by Crippen LogP contribution is -2.35. The zero-order valence-corrected chi connectivity index (χ0v) is 32.4. The zero-order valence-electron chi connectivity index (χ0n) is 29.4. The molecule has 0 heterocycles. The van der Waals surface area contributed by atoms with Crippen LogP contribution >= 0.6 is 46.4 Å². The second kappa shape index (κ2) is 23.4. The van der Waals surface area contributed by atoms with Gasteiger partial charge < -0.3 is 19.5 Å². The summed E-state index contributed by atoms with van der Waals surface area (Å²) < 4.78 is 48.3. The largest absolute Gasteiger partial charge is 0.477 e. The van der Waals surface area contributed by atoms with E-state index in [0.717, 1.165) is 53.6 Å². The fourth-order valence-electron chi connectivity index (χ4n) is 4.41. The lowest BCUT2D eigenvalue weighted by molar-refractivity contribution is -0.385. The minimum absolute atomic E-state index is 0.0371. The number of para-hydroxylation sites is 1. The number of aryl methyl sites for hydroxylation is 2. The Morgan fingerprint density at radius 1 is 1.04 bits per heavy atom. The Bertz CT molecular complexity index is 1770. The summed E-state index contributed by atoms with van der Waals surface area (Å²) in [5.41, 5.74) is 0.878. The highest BCUT2D eigenvalue weighted by Crippen LogP contribution is 2.37. The van der Waals surface area contributed by atoms with Gasteiger partial charge in [-0.15, -0.1) is 24.8 Å². The number of benzene rings is 3. The van der Waals surface area contributed by atoms with Crippen molar-refractivity contribution in [1.29, 1.82) is 0 Å². The molecule has 3 aromatic rings. The third-order valence-electron chi connectivity index (χ3n) is 6.89. The number of halogens is 7. The minimum Gasteiger partial charge on any atom is -0.477 e. The zero-order chi connectivity index (χ0) is 41.2. The highest BCUT2D eigenvalue weighted by atomic mass is 35.5. The van der Waals surface area contributed by atoms with Crippen LogP contribution in [0.4, 0.5) is 24.5 Å². The molecule has 3 aromatic carbocycles. The number of carbonyl (C=O) groups is 3. The van der Waals surface area contributed by atoms with Crippen molar-refractivity contribution in [2.75, 3.05) is 37.2 Å². The maximum absolute atomic E-state index is 12.6. The molecule has 54 heavy (non-hydrogen) atoms. The molecule has 0 unspecified atom stereocenters. The molecule has 0 saturated heterocycles. The van der Waals surface area contributed by atoms with E-state index in [2.05, 4.69) is 20.1 Å². The summed E-state index contributed by atoms with van der Waals surface area (Å²) in [5, 5.41) is 19.4. The normalized spacial score (nSPS) is 10.6. The molecule has 0 aromatic heterocycles. The van der Waals surface area contributed by atoms with Gasteiger partial charge in [0.2, 0.25) is 5.91 Å². The van der Waals surface area contributed by atoms with Gasteiger partial charge in [-0.05, 0) is 55.7 Å². The Kier molecular flexibility index (Phi) is 20.7. The van der Waals surface area contributed by atoms with Gasteiger partial charge >= 0.3 is 12.1 Å². The Labute approximate surface area is 330 Å². The number of nitro groups is 1. The van der Waals surface area contributed by atoms with Crippen LogP contribution in [-0.4, -0.2) is 69.9 Å². The summed E-state index contributed by atoms with van der Waals surface area (Å²) in [6, 6.07) is 11.3. The molecule has 2 amide bonds. The first-order valence-corrected chi connectivity index (χ1v) is 17.5. The molecule has 18 heteroatoms. The fraction of sp³-hybridized carbons (Fsp3) is 0.306. The van der Waals surface area contributed by atoms with Crippen molar-refractivity contribution in [2.45, 2.75) is 38.2 Å². The summed E-state index contributed by atoms with van der Waals surface area (Å²) in [5.74, 6) is -2.32. The molecule has 0 fully saturated rings. The molecule has 0 radical (unpaired) electrons. The quantitative estimate of drug-likeness (QED) is 0.0525. The minimum atomic E-state index is -4.58. The number of anilines is 1. The number of carboxylic acids is 1. The van der Waals surface area contributed by atoms with E-state index in [4.69, 9.17) is 61.0 Å². The number of ether oxygens (including phenoxy) is 2. The van der Waals surface area contributed by atoms with Gasteiger partial charge in [-0.3, -0.25) is 24.6 Å². The van der Waals surface area contributed by atoms with E-state index >= 15 is 0 Å². The topological polar surface area (TPSA) is 140 Å². The summed E-state index contributed by atoms with van der Waals surface area (Å²) in [4.78, 5) is 46.1. The van der Waals surface area contributed by atoms with Gasteiger partial charge in [-0.25, -0.2) is 4.79 Å². The number of nitro benzene ring substituents is 1. The van der Waals surface area contributed by atoms with Gasteiger partial charge in [0.15, 0.2) is 4.84 Å². The fourth-order valence-corrected chi connectivity index (χ4v) is 5.05. The maximum Gasteiger partial charge on any atom is 0.416 e. The molecule has 0 atom stereocenters. The second-order valence-corrected chi connectivity index (χ2v) is 12.4. The average molecular weight is 840 g/mol. The molecule has 294 valence electrons. The Hall–Kier alpha value is -4.34. The molecule has 11 nitrogen and oxygen atoms in total. The number of aromatic carboxylic acids is 1. The van der Waals surface area contributed by atoms with Crippen LogP contribution in [0.15, 0.2) is 79.9 Å². The van der Waals surface area contributed by atoms with Crippen molar-refractivity contribution in [2.24, 2.45) is 0 Å². The number of carbonyl (C=O) groups excluding carboxylic acids is 2. The van der Waals surface area contributed by atoms with Gasteiger partial charge in [-0.1, -0.05) is 72.1 Å². The number of alkyl halides is 6. The SMILES string of the molecule is C=CCN(CC=C)C(=O)C(Cl)Cl.CCOCN(C(=O)CCl)c1c(C)cccc1CC.O=C(O)c1cc(Oc2ccc(C(F)(F)F)cc2Cl)ccc1[N+](=O)[O-]. The van der Waals surface area contributed by atoms with Crippen molar-refractivity contribution in [3.63, 3.8) is 0 Å². The predicted molar refractivity (Wildman–Crippen MR) is 204 cm³/mol. The first-order valence-electron chi connectivity index (χ1n) is 15.8. The number of amides is 2. The van der Waals surface area contributed by atoms with E-state index in [9.17, 15) is 37.7 Å². The Balaban J connectivity index is 0.000000431. The third kappa shape index (κ3) is 14.8. The summed E-state index contributed by atoms with van der Waals surface area (Å²) in [6.07, 6.45) is -0.490. The van der Waals surface area contributed by atoms with E-state index in [1.807, 2.05) is 32.0 Å². The molecule has 1 N–H and O–H groups in total. The number of hydrogen-bond donors (Lipinski definition) is 1. The predicted octanol–water partition coefficient (Wildman–Crippen LogP) is 9.87. The van der Waals surface area contributed by atoms with Crippen LogP contribution in [0.1, 0.15) is 40.9 Å². The van der Waals surface area contributed by atoms with Crippen LogP contribution in [-0.2, 0) is 26.9 Å². The first-order chi connectivity index (χ1) is 25.4. The maximum atomic E-state index is 12.6. The molecule has 0 aliphatic rings. The van der Waals surface area contributed by atoms with Gasteiger partial charge in [0, 0.05) is 31.8 Å². The van der Waals surface area contributed by atoms with Gasteiger partial charge in [-0.2, -0.15) is 13.2 Å². The summed E-state index contributed by atoms with van der Waals surface area (Å²) in [7, 11) is 0. The Morgan fingerprint density at radius 2 is 1.67 bits per heavy atom. The number of nitrogens with zero attached hydrogens (tertiary/aromatic N) is 3. The number of rotatable bonds is 15. The summed E-state index contributed by atoms with van der Waals surface area (Å²) >= 11 is 22.2. The second-order valence-electron chi connectivity index (χ2n) is 10.6. The van der Waals surface area contributed by atoms with E-state index in [-0.39, 0.29) is 40.9 Å². The monoisotopic (exact) mass is 837 g/mol. The lowest BCUT2D eigenvalue weighted by Gasteiger charge is -2.25. The third-order valence-corrected chi connectivity index (χ3v) is 7.79. The highest BCUT2D eigenvalue weighted by Gasteiger charge is 2.31. The molecule has 0 aliphatic carbocycles. The molecule has 3 rings (SSSR count). The van der Waals surface area contributed by atoms with Crippen LogP contribution in [0.2, 0.25) is 5.02 Å². The van der Waals surface area contributed by atoms with Crippen LogP contribution in [0.25, 0.3) is 0 Å². The molecule has 0 aliphatic heterocycles. The average Bonchev–Trinajstić information content (AvgIpc) is 3.12. The van der Waals surface area contributed by atoms with Crippen molar-refractivity contribution < 1.29 is 47.1 Å². The molecule has 0 spiro atoms. The standard InChI is InChI=1S/C14H7ClF3NO5.C14H20ClNO2.C8H11Cl2NO/c15-10-5-7(14(16,17)18)1-4-12(10)24-8-2-3-11(19(22)23)9(6-8)13(20)21;1-4-12-8-6-7-11(3)14(12)16(10-18-5-2)13(17)9-15;1-3-5-11(6-4-2)8(12)7(9)10/h1-6H,(H,20,21);6-8H,4-5,9-10H2,1-3H3;3-4,7H,1-2,5-6H2. The molecular weight excluding hydrogens is 801 g/mol. The van der Waals surface area contributed by atoms with E-state index < -0.39 is 38.7 Å². The van der Waals surface area contributed by atoms with Crippen molar-refractivity contribution in [3.05, 3.63) is 117 Å². The molecule has 0 bridgehead atoms. The first kappa shape index (κ1) is 47.7. The van der Waals surface area contributed by atoms with Crippen molar-refractivity contribution in [3.8, 4) is 11.5 Å². The highest BCUT2D eigenvalue weighted by molar-refractivity contribution is 6.53. The smallest absolute Gasteiger partial charge is 0.416 e. The van der Waals surface area contributed by atoms with Gasteiger partial charge in [0.1, 0.15) is 29.7 Å². The molecular formula is C36H38Cl4F3N3O8. The van der Waals surface area contributed by atoms with Crippen molar-refractivity contribution >= 4 is 75.6 Å². The summed E-state index contributed by atoms with van der Waals surface area (Å²) in [6.45, 7) is 14.7. The van der Waals surface area contributed by atoms with Crippen molar-refractivity contribution in [1.82, 2.24) is 4.90 Å². The van der Waals surface area contributed by atoms with Crippen LogP contribution in [0, 0.1) is 17.0 Å². The van der Waals surface area contributed by atoms with Crippen LogP contribution < -0.4 is 9.64 Å². The van der Waals surface area contributed by atoms with E-state index in [0.29, 0.717) is 25.8 Å². The molecule has 0 saturated carbocycles. The number of hydrogen-bond acceptors (Lipinski definition) is 7. The van der Waals surface area contributed by atoms with Gasteiger partial charge in [0.25, 0.3) is 11.6 Å². The van der Waals surface area contributed by atoms with Gasteiger partial charge in [0.05, 0.1) is 21.2 Å². The lowest BCUT2D eigenvalue weighted by atomic mass is 10.0. The van der Waals surface area contributed by atoms with E-state index in [1.54, 1.807) is 17.1 Å².